The Morgan fingerprint density at radius 1 is 0.975 bits per heavy atom. The number of aryl methyl sites for hydroxylation is 1. The molecule has 4 aromatic rings. The predicted molar refractivity (Wildman–Crippen MR) is 303 cm³/mol. The highest BCUT2D eigenvalue weighted by atomic mass is 16.5. The zero-order valence-electron chi connectivity index (χ0n) is 47.8. The summed E-state index contributed by atoms with van der Waals surface area (Å²) in [5.74, 6) is 3.87. The number of benzene rings is 2. The van der Waals surface area contributed by atoms with Crippen LogP contribution in [0.1, 0.15) is 91.0 Å². The van der Waals surface area contributed by atoms with Crippen molar-refractivity contribution in [2.75, 3.05) is 72.9 Å². The largest absolute Gasteiger partial charge is 0.464 e. The molecule has 6 aliphatic rings. The molecule has 0 aliphatic carbocycles. The van der Waals surface area contributed by atoms with E-state index in [2.05, 4.69) is 101 Å². The molecule has 2 aromatic heterocycles. The van der Waals surface area contributed by atoms with E-state index in [1.165, 1.54) is 5.01 Å². The van der Waals surface area contributed by atoms with Crippen LogP contribution in [0.4, 0.5) is 0 Å². The summed E-state index contributed by atoms with van der Waals surface area (Å²) < 4.78 is 25.7. The number of likely N-dealkylation sites (tertiary alicyclic amines) is 2. The molecule has 426 valence electrons. The molecule has 0 radical (unpaired) electrons. The molecule has 18 heteroatoms. The predicted octanol–water partition coefficient (Wildman–Crippen LogP) is 5.56. The molecule has 18 nitrogen and oxygen atoms in total. The molecule has 6 atom stereocenters. The number of amides is 4. The molecule has 2 aromatic carbocycles. The van der Waals surface area contributed by atoms with Gasteiger partial charge in [0.1, 0.15) is 23.2 Å². The summed E-state index contributed by atoms with van der Waals surface area (Å²) in [6, 6.07) is 16.9. The lowest BCUT2D eigenvalue weighted by Crippen LogP contribution is -2.66. The molecule has 0 unspecified atom stereocenters. The van der Waals surface area contributed by atoms with E-state index in [4.69, 9.17) is 23.9 Å². The minimum atomic E-state index is -1.56. The van der Waals surface area contributed by atoms with Crippen molar-refractivity contribution in [2.24, 2.45) is 16.7 Å². The van der Waals surface area contributed by atoms with Gasteiger partial charge in [-0.2, -0.15) is 5.53 Å². The number of fused-ring (bicyclic) bond motifs is 7. The average molecular weight is 1090 g/mol. The Labute approximate surface area is 470 Å². The lowest BCUT2D eigenvalue weighted by Gasteiger charge is -2.42. The zero-order chi connectivity index (χ0) is 56.7. The summed E-state index contributed by atoms with van der Waals surface area (Å²) in [5, 5.41) is 5.69. The molecular weight excluding hydrogens is 1010 g/mol. The van der Waals surface area contributed by atoms with Crippen LogP contribution in [-0.2, 0) is 67.9 Å². The van der Waals surface area contributed by atoms with Crippen LogP contribution in [0.2, 0.25) is 0 Å². The number of pyridine rings is 1. The molecule has 4 amide bonds. The van der Waals surface area contributed by atoms with Gasteiger partial charge in [0.15, 0.2) is 0 Å². The lowest BCUT2D eigenvalue weighted by molar-refractivity contribution is -0.152. The zero-order valence-corrected chi connectivity index (χ0v) is 47.8. The van der Waals surface area contributed by atoms with Crippen molar-refractivity contribution >= 4 is 40.5 Å². The van der Waals surface area contributed by atoms with Crippen LogP contribution in [0.25, 0.3) is 33.3 Å². The van der Waals surface area contributed by atoms with Gasteiger partial charge in [-0.3, -0.25) is 38.9 Å². The Bertz CT molecular complexity index is 3120. The van der Waals surface area contributed by atoms with Gasteiger partial charge in [0.2, 0.25) is 11.8 Å². The van der Waals surface area contributed by atoms with E-state index in [-0.39, 0.29) is 55.9 Å². The second-order valence-corrected chi connectivity index (χ2v) is 24.3. The van der Waals surface area contributed by atoms with Gasteiger partial charge in [0.05, 0.1) is 61.9 Å². The second kappa shape index (κ2) is 22.8. The van der Waals surface area contributed by atoms with Gasteiger partial charge in [-0.05, 0) is 111 Å². The molecule has 5 fully saturated rings. The number of carbonyl (C=O) groups excluding carboxylic acids is 5. The maximum absolute atomic E-state index is 15.3. The second-order valence-electron chi connectivity index (χ2n) is 24.3. The monoisotopic (exact) mass is 1090 g/mol. The normalized spacial score (nSPS) is 26.0. The number of hydrazine groups is 2. The molecule has 80 heavy (non-hydrogen) atoms. The van der Waals surface area contributed by atoms with Crippen LogP contribution in [0, 0.1) is 28.6 Å². The molecule has 10 rings (SSSR count). The number of methoxy groups -OCH3 is 1. The van der Waals surface area contributed by atoms with Crippen LogP contribution in [0.15, 0.2) is 73.4 Å². The minimum absolute atomic E-state index is 0.0957. The molecule has 1 spiro atoms. The third-order valence-electron chi connectivity index (χ3n) is 17.6. The fourth-order valence-corrected chi connectivity index (χ4v) is 12.9. The number of ether oxygens (including phenoxy) is 4. The molecule has 0 saturated carbocycles. The molecular formula is C62H79N9O9. The van der Waals surface area contributed by atoms with E-state index in [0.717, 1.165) is 56.7 Å². The maximum atomic E-state index is 15.3. The Kier molecular flexibility index (Phi) is 16.2. The summed E-state index contributed by atoms with van der Waals surface area (Å²) in [4.78, 5) is 83.5. The Hall–Kier alpha value is -6.46. The molecule has 6 aliphatic heterocycles. The summed E-state index contributed by atoms with van der Waals surface area (Å²) >= 11 is 0. The highest BCUT2D eigenvalue weighted by Gasteiger charge is 2.55. The number of aromatic nitrogens is 2. The molecule has 3 N–H and O–H groups in total. The van der Waals surface area contributed by atoms with Crippen LogP contribution >= 0.6 is 0 Å². The first-order valence-electron chi connectivity index (χ1n) is 28.5. The van der Waals surface area contributed by atoms with E-state index in [1.54, 1.807) is 36.1 Å². The van der Waals surface area contributed by atoms with Gasteiger partial charge < -0.3 is 38.6 Å². The van der Waals surface area contributed by atoms with Gasteiger partial charge in [0.25, 0.3) is 11.8 Å². The molecule has 6 bridgehead atoms. The number of morpholine rings is 1. The van der Waals surface area contributed by atoms with E-state index in [0.29, 0.717) is 78.2 Å². The number of nitrogens with one attached hydrogen (secondary N) is 3. The quantitative estimate of drug-likeness (QED) is 0.102. The van der Waals surface area contributed by atoms with E-state index in [9.17, 15) is 14.4 Å². The molecule has 8 heterocycles. The van der Waals surface area contributed by atoms with Crippen molar-refractivity contribution in [3.05, 3.63) is 90.3 Å². The number of rotatable bonds is 10. The van der Waals surface area contributed by atoms with Crippen LogP contribution in [0.3, 0.4) is 0 Å². The minimum Gasteiger partial charge on any atom is -0.464 e. The standard InChI is InChI=1S/C62H79N9O9/c1-10-61(8,77-9)54-46(17-13-25-63-54)53-48-34-59(5,6)39-80-56(74)49-18-14-26-71(66-65-49)57(75)60(7,33-41-15-12-16-42(31-41)43-19-21-50(47(48)32-43)68(53)11-2)64-55(73)52(40(3)4)70-28-24-62(58(70)76)23-27-67(38-62)51(72)22-20-44-35-78-30-29-69(44)45-36-79-37-45/h10,12-13,15-17,19,21,25,31-32,40,44-45,49,52,65-66H,1,11,14,18,23-24,26-30,33-39H2,2-9H3,(H,64,73)/t44-,49+,52+,60-,61-,62+/m1/s1. The summed E-state index contributed by atoms with van der Waals surface area (Å²) in [7, 11) is 1.66. The van der Waals surface area contributed by atoms with Gasteiger partial charge in [-0.15, -0.1) is 0 Å². The smallest absolute Gasteiger partial charge is 0.324 e. The number of hydrogen-bond acceptors (Lipinski definition) is 13. The SMILES string of the molecule is C=C[C@@](C)(OC)c1ncccc1-c1c2c3cc(ccc3n1CC)-c1cccc(c1)C[C@@](C)(NC(=O)[C@H](C(C)C)N1CC[C@]3(CCN(C(=O)C#C[C@@H]4COCCN4C4COC4)C3)C1=O)C(=O)N1CCC[C@H](NN1)C(=O)OCC(C)(C)C2. The lowest BCUT2D eigenvalue weighted by atomic mass is 9.83. The van der Waals surface area contributed by atoms with Gasteiger partial charge in [-0.25, -0.2) is 5.43 Å². The van der Waals surface area contributed by atoms with Gasteiger partial charge in [0, 0.05) is 80.9 Å². The first-order valence-corrected chi connectivity index (χ1v) is 28.5. The van der Waals surface area contributed by atoms with Crippen molar-refractivity contribution in [1.29, 1.82) is 0 Å². The van der Waals surface area contributed by atoms with Crippen molar-refractivity contribution in [2.45, 2.75) is 129 Å². The fraction of sp³-hybridized carbons (Fsp3) is 0.548. The number of esters is 1. The van der Waals surface area contributed by atoms with Crippen molar-refractivity contribution < 1.29 is 42.9 Å². The Morgan fingerprint density at radius 2 is 1.76 bits per heavy atom. The number of nitrogens with zero attached hydrogens (tertiary/aromatic N) is 6. The number of carbonyl (C=O) groups is 5. The first-order chi connectivity index (χ1) is 38.3. The summed E-state index contributed by atoms with van der Waals surface area (Å²) in [6.45, 7) is 22.9. The first kappa shape index (κ1) is 56.8. The number of cyclic esters (lactones) is 1. The van der Waals surface area contributed by atoms with Crippen molar-refractivity contribution in [1.82, 2.24) is 45.5 Å². The van der Waals surface area contributed by atoms with E-state index in [1.807, 2.05) is 39.0 Å². The van der Waals surface area contributed by atoms with Crippen molar-refractivity contribution in [3.8, 4) is 34.2 Å². The van der Waals surface area contributed by atoms with Crippen LogP contribution < -0.4 is 16.3 Å². The maximum Gasteiger partial charge on any atom is 0.324 e. The molecule has 5 saturated heterocycles. The average Bonchev–Trinajstić information content (AvgIpc) is 4.03. The Morgan fingerprint density at radius 3 is 2.50 bits per heavy atom. The van der Waals surface area contributed by atoms with Crippen molar-refractivity contribution in [3.63, 3.8) is 0 Å². The summed E-state index contributed by atoms with van der Waals surface area (Å²) in [6.07, 6.45) is 5.97. The summed E-state index contributed by atoms with van der Waals surface area (Å²) in [5.41, 5.74) is 9.71. The van der Waals surface area contributed by atoms with E-state index >= 15 is 9.59 Å². The van der Waals surface area contributed by atoms with E-state index < -0.39 is 51.8 Å². The van der Waals surface area contributed by atoms with Crippen LogP contribution in [0.5, 0.6) is 0 Å². The third kappa shape index (κ3) is 10.9. The van der Waals surface area contributed by atoms with Gasteiger partial charge in [-0.1, -0.05) is 76.6 Å². The van der Waals surface area contributed by atoms with Crippen LogP contribution in [-0.4, -0.2) is 161 Å². The highest BCUT2D eigenvalue weighted by molar-refractivity contribution is 5.99. The third-order valence-corrected chi connectivity index (χ3v) is 17.6. The highest BCUT2D eigenvalue weighted by Crippen LogP contribution is 2.45. The number of hydrogen-bond donors (Lipinski definition) is 3. The Balaban J connectivity index is 0.968. The topological polar surface area (TPSA) is 189 Å². The fourth-order valence-electron chi connectivity index (χ4n) is 12.9. The van der Waals surface area contributed by atoms with Gasteiger partial charge >= 0.3 is 5.97 Å².